The van der Waals surface area contributed by atoms with Gasteiger partial charge in [-0.1, -0.05) is 29.8 Å². The van der Waals surface area contributed by atoms with Gasteiger partial charge >= 0.3 is 0 Å². The molecule has 6 nitrogen and oxygen atoms in total. The van der Waals surface area contributed by atoms with Gasteiger partial charge in [-0.3, -0.25) is 14.9 Å². The molecule has 0 bridgehead atoms. The zero-order valence-electron chi connectivity index (χ0n) is 9.88. The van der Waals surface area contributed by atoms with Crippen LogP contribution in [-0.2, 0) is 4.79 Å². The Hall–Kier alpha value is -1.63. The zero-order chi connectivity index (χ0) is 13.9. The molecule has 0 heterocycles. The molecular formula is C11H13BrN2O4. The van der Waals surface area contributed by atoms with E-state index < -0.39 is 9.75 Å². The van der Waals surface area contributed by atoms with Gasteiger partial charge in [0.05, 0.1) is 15.4 Å². The molecule has 0 aromatic heterocycles. The molecule has 0 saturated carbocycles. The summed E-state index contributed by atoms with van der Waals surface area (Å²) in [5.74, 6) is -0.510. The minimum Gasteiger partial charge on any atom is -0.506 e. The Labute approximate surface area is 112 Å². The van der Waals surface area contributed by atoms with Crippen LogP contribution in [0, 0.1) is 16.0 Å². The SMILES string of the molecule is CC(C)[C@H](Br)C(=O)Nc1cc([N+](=O)[O-])ccc1O. The lowest BCUT2D eigenvalue weighted by Crippen LogP contribution is -2.27. The molecule has 1 aromatic carbocycles. The molecule has 0 radical (unpaired) electrons. The van der Waals surface area contributed by atoms with Crippen molar-refractivity contribution in [2.45, 2.75) is 18.7 Å². The number of carbonyl (C=O) groups is 1. The van der Waals surface area contributed by atoms with E-state index in [1.54, 1.807) is 0 Å². The van der Waals surface area contributed by atoms with E-state index in [9.17, 15) is 20.0 Å². The molecule has 7 heteroatoms. The van der Waals surface area contributed by atoms with Crippen molar-refractivity contribution >= 4 is 33.2 Å². The van der Waals surface area contributed by atoms with Gasteiger partial charge in [-0.2, -0.15) is 0 Å². The lowest BCUT2D eigenvalue weighted by atomic mass is 10.1. The van der Waals surface area contributed by atoms with Gasteiger partial charge in [0.15, 0.2) is 0 Å². The van der Waals surface area contributed by atoms with Gasteiger partial charge in [0.1, 0.15) is 5.75 Å². The first-order valence-electron chi connectivity index (χ1n) is 5.25. The van der Waals surface area contributed by atoms with Crippen LogP contribution in [0.15, 0.2) is 18.2 Å². The summed E-state index contributed by atoms with van der Waals surface area (Å²) in [6.07, 6.45) is 0. The van der Waals surface area contributed by atoms with Crippen molar-refractivity contribution in [3.05, 3.63) is 28.3 Å². The number of nitro groups is 1. The Morgan fingerprint density at radius 2 is 2.11 bits per heavy atom. The summed E-state index contributed by atoms with van der Waals surface area (Å²) in [6, 6.07) is 3.46. The largest absolute Gasteiger partial charge is 0.506 e. The van der Waals surface area contributed by atoms with E-state index in [1.165, 1.54) is 12.1 Å². The molecule has 1 rings (SSSR count). The number of nitrogens with one attached hydrogen (secondary N) is 1. The Bertz CT molecular complexity index is 476. The average Bonchev–Trinajstić information content (AvgIpc) is 2.30. The number of halogens is 1. The summed E-state index contributed by atoms with van der Waals surface area (Å²) in [6.45, 7) is 3.71. The predicted octanol–water partition coefficient (Wildman–Crippen LogP) is 2.66. The highest BCUT2D eigenvalue weighted by molar-refractivity contribution is 9.10. The van der Waals surface area contributed by atoms with Crippen LogP contribution >= 0.6 is 15.9 Å². The number of benzene rings is 1. The maximum atomic E-state index is 11.7. The quantitative estimate of drug-likeness (QED) is 0.386. The standard InChI is InChI=1S/C11H13BrN2O4/c1-6(2)10(12)11(16)13-8-5-7(14(17)18)3-4-9(8)15/h3-6,10,15H,1-2H3,(H,13,16)/t10-/m0/s1. The molecule has 1 amide bonds. The highest BCUT2D eigenvalue weighted by Gasteiger charge is 2.20. The molecule has 2 N–H and O–H groups in total. The van der Waals surface area contributed by atoms with Crippen LogP contribution in [0.3, 0.4) is 0 Å². The van der Waals surface area contributed by atoms with Crippen molar-refractivity contribution in [2.24, 2.45) is 5.92 Å². The minimum absolute atomic E-state index is 0.0271. The zero-order valence-corrected chi connectivity index (χ0v) is 11.5. The number of aromatic hydroxyl groups is 1. The van der Waals surface area contributed by atoms with Crippen LogP contribution in [0.5, 0.6) is 5.75 Å². The topological polar surface area (TPSA) is 92.5 Å². The molecule has 0 fully saturated rings. The van der Waals surface area contributed by atoms with Gasteiger partial charge in [0.2, 0.25) is 5.91 Å². The first-order chi connectivity index (χ1) is 8.32. The van der Waals surface area contributed by atoms with E-state index in [2.05, 4.69) is 21.2 Å². The van der Waals surface area contributed by atoms with E-state index in [1.807, 2.05) is 13.8 Å². The smallest absolute Gasteiger partial charge is 0.271 e. The van der Waals surface area contributed by atoms with Crippen LogP contribution in [0.2, 0.25) is 0 Å². The highest BCUT2D eigenvalue weighted by Crippen LogP contribution is 2.28. The van der Waals surface area contributed by atoms with Crippen LogP contribution in [0.25, 0.3) is 0 Å². The first-order valence-corrected chi connectivity index (χ1v) is 6.17. The third-order valence-electron chi connectivity index (χ3n) is 2.28. The minimum atomic E-state index is -0.594. The number of carbonyl (C=O) groups excluding carboxylic acids is 1. The molecule has 0 aliphatic heterocycles. The average molecular weight is 317 g/mol. The number of alkyl halides is 1. The van der Waals surface area contributed by atoms with Crippen LogP contribution < -0.4 is 5.32 Å². The van der Waals surface area contributed by atoms with Gasteiger partial charge in [-0.25, -0.2) is 0 Å². The number of rotatable bonds is 4. The Morgan fingerprint density at radius 3 is 2.61 bits per heavy atom. The molecule has 0 unspecified atom stereocenters. The third kappa shape index (κ3) is 3.43. The monoisotopic (exact) mass is 316 g/mol. The number of anilines is 1. The molecule has 0 saturated heterocycles. The number of hydrogen-bond donors (Lipinski definition) is 2. The van der Waals surface area contributed by atoms with Crippen molar-refractivity contribution in [1.82, 2.24) is 0 Å². The van der Waals surface area contributed by atoms with Crippen LogP contribution in [0.1, 0.15) is 13.8 Å². The van der Waals surface area contributed by atoms with Gasteiger partial charge < -0.3 is 10.4 Å². The summed E-state index contributed by atoms with van der Waals surface area (Å²) in [4.78, 5) is 21.3. The summed E-state index contributed by atoms with van der Waals surface area (Å²) < 4.78 is 0. The van der Waals surface area contributed by atoms with Crippen LogP contribution in [-0.4, -0.2) is 20.8 Å². The van der Waals surface area contributed by atoms with Crippen molar-refractivity contribution in [2.75, 3.05) is 5.32 Å². The lowest BCUT2D eigenvalue weighted by molar-refractivity contribution is -0.384. The van der Waals surface area contributed by atoms with Crippen LogP contribution in [0.4, 0.5) is 11.4 Å². The Morgan fingerprint density at radius 1 is 1.50 bits per heavy atom. The number of hydrogen-bond acceptors (Lipinski definition) is 4. The second-order valence-electron chi connectivity index (χ2n) is 4.09. The molecule has 0 aliphatic carbocycles. The van der Waals surface area contributed by atoms with E-state index in [0.29, 0.717) is 0 Å². The molecule has 0 spiro atoms. The number of phenols is 1. The molecule has 1 atom stereocenters. The molecule has 18 heavy (non-hydrogen) atoms. The van der Waals surface area contributed by atoms with E-state index in [-0.39, 0.29) is 28.9 Å². The van der Waals surface area contributed by atoms with E-state index in [4.69, 9.17) is 0 Å². The van der Waals surface area contributed by atoms with E-state index >= 15 is 0 Å². The highest BCUT2D eigenvalue weighted by atomic mass is 79.9. The number of nitrogens with zero attached hydrogens (tertiary/aromatic N) is 1. The normalized spacial score (nSPS) is 12.2. The summed E-state index contributed by atoms with van der Waals surface area (Å²) in [5, 5.41) is 22.6. The predicted molar refractivity (Wildman–Crippen MR) is 70.9 cm³/mol. The van der Waals surface area contributed by atoms with Gasteiger partial charge in [-0.05, 0) is 12.0 Å². The number of amides is 1. The van der Waals surface area contributed by atoms with Crippen molar-refractivity contribution < 1.29 is 14.8 Å². The first kappa shape index (κ1) is 14.4. The summed E-state index contributed by atoms with van der Waals surface area (Å²) in [7, 11) is 0. The van der Waals surface area contributed by atoms with Gasteiger partial charge in [0.25, 0.3) is 5.69 Å². The number of phenolic OH excluding ortho intramolecular Hbond substituents is 1. The fourth-order valence-electron chi connectivity index (χ4n) is 1.24. The molecular weight excluding hydrogens is 304 g/mol. The number of non-ortho nitro benzene ring substituents is 1. The summed E-state index contributed by atoms with van der Waals surface area (Å²) >= 11 is 3.21. The Kier molecular flexibility index (Phi) is 4.66. The summed E-state index contributed by atoms with van der Waals surface area (Å²) in [5.41, 5.74) is -0.168. The van der Waals surface area contributed by atoms with Gasteiger partial charge in [-0.15, -0.1) is 0 Å². The van der Waals surface area contributed by atoms with Gasteiger partial charge in [0, 0.05) is 12.1 Å². The molecule has 98 valence electrons. The fraction of sp³-hybridized carbons (Fsp3) is 0.364. The van der Waals surface area contributed by atoms with E-state index in [0.717, 1.165) is 6.07 Å². The van der Waals surface area contributed by atoms with Crippen molar-refractivity contribution in [1.29, 1.82) is 0 Å². The molecule has 1 aromatic rings. The third-order valence-corrected chi connectivity index (χ3v) is 3.76. The second-order valence-corrected chi connectivity index (χ2v) is 5.08. The molecule has 0 aliphatic rings. The maximum absolute atomic E-state index is 11.7. The fourth-order valence-corrected chi connectivity index (χ4v) is 1.36. The Balaban J connectivity index is 2.93. The maximum Gasteiger partial charge on any atom is 0.271 e. The second kappa shape index (κ2) is 5.81. The lowest BCUT2D eigenvalue weighted by Gasteiger charge is -2.14. The van der Waals surface area contributed by atoms with Crippen molar-refractivity contribution in [3.63, 3.8) is 0 Å². The number of nitro benzene ring substituents is 1. The van der Waals surface area contributed by atoms with Crippen molar-refractivity contribution in [3.8, 4) is 5.75 Å².